The molecule has 0 spiro atoms. The Bertz CT molecular complexity index is 446. The molecule has 2 aliphatic rings. The number of carbonyl (C=O) groups excluding carboxylic acids is 1. The molecule has 3 heteroatoms. The topological polar surface area (TPSA) is 20.3 Å². The molecule has 2 nitrogen and oxygen atoms in total. The van der Waals surface area contributed by atoms with Crippen LogP contribution >= 0.6 is 0 Å². The maximum absolute atomic E-state index is 13.1. The standard InChI is InChI=1S/C14H16FNO/c15-11-3-1-2-10(8-11)9-13-5-4-12-6-7-14(17)16(12)13/h1-3,8,12-13H,4-7,9H2/t12-,13-/m1/s1. The summed E-state index contributed by atoms with van der Waals surface area (Å²) in [6, 6.07) is 7.47. The van der Waals surface area contributed by atoms with Crippen molar-refractivity contribution in [1.29, 1.82) is 0 Å². The maximum Gasteiger partial charge on any atom is 0.223 e. The Morgan fingerprint density at radius 2 is 2.18 bits per heavy atom. The van der Waals surface area contributed by atoms with Crippen molar-refractivity contribution in [1.82, 2.24) is 4.90 Å². The highest BCUT2D eigenvalue weighted by molar-refractivity contribution is 5.79. The first-order valence-corrected chi connectivity index (χ1v) is 6.29. The normalized spacial score (nSPS) is 27.6. The fraction of sp³-hybridized carbons (Fsp3) is 0.500. The van der Waals surface area contributed by atoms with Crippen LogP contribution in [0.4, 0.5) is 4.39 Å². The van der Waals surface area contributed by atoms with Crippen molar-refractivity contribution in [3.05, 3.63) is 35.6 Å². The largest absolute Gasteiger partial charge is 0.336 e. The predicted molar refractivity (Wildman–Crippen MR) is 63.0 cm³/mol. The molecule has 1 aromatic carbocycles. The van der Waals surface area contributed by atoms with Gasteiger partial charge in [0.05, 0.1) is 0 Å². The van der Waals surface area contributed by atoms with Crippen LogP contribution in [-0.2, 0) is 11.2 Å². The van der Waals surface area contributed by atoms with E-state index in [0.717, 1.165) is 31.2 Å². The summed E-state index contributed by atoms with van der Waals surface area (Å²) in [4.78, 5) is 13.8. The number of benzene rings is 1. The van der Waals surface area contributed by atoms with Gasteiger partial charge in [0, 0.05) is 18.5 Å². The second-order valence-corrected chi connectivity index (χ2v) is 5.06. The van der Waals surface area contributed by atoms with Gasteiger partial charge in [-0.1, -0.05) is 12.1 Å². The van der Waals surface area contributed by atoms with Crippen molar-refractivity contribution >= 4 is 5.91 Å². The molecule has 0 bridgehead atoms. The van der Waals surface area contributed by atoms with E-state index >= 15 is 0 Å². The lowest BCUT2D eigenvalue weighted by atomic mass is 10.0. The highest BCUT2D eigenvalue weighted by atomic mass is 19.1. The van der Waals surface area contributed by atoms with E-state index in [1.807, 2.05) is 11.0 Å². The molecule has 1 aromatic rings. The highest BCUT2D eigenvalue weighted by Gasteiger charge is 2.40. The minimum Gasteiger partial charge on any atom is -0.336 e. The van der Waals surface area contributed by atoms with Gasteiger partial charge in [-0.25, -0.2) is 4.39 Å². The lowest BCUT2D eigenvalue weighted by Gasteiger charge is -2.24. The lowest BCUT2D eigenvalue weighted by molar-refractivity contribution is -0.129. The number of carbonyl (C=O) groups is 1. The van der Waals surface area contributed by atoms with Gasteiger partial charge in [0.25, 0.3) is 0 Å². The zero-order chi connectivity index (χ0) is 11.8. The summed E-state index contributed by atoms with van der Waals surface area (Å²) < 4.78 is 13.1. The second-order valence-electron chi connectivity index (χ2n) is 5.06. The third-order valence-corrected chi connectivity index (χ3v) is 3.96. The average molecular weight is 233 g/mol. The Kier molecular flexibility index (Phi) is 2.61. The molecule has 2 saturated heterocycles. The molecular weight excluding hydrogens is 217 g/mol. The summed E-state index contributed by atoms with van der Waals surface area (Å²) in [5.74, 6) is 0.0960. The van der Waals surface area contributed by atoms with Crippen molar-refractivity contribution in [2.45, 2.75) is 44.2 Å². The molecule has 0 aromatic heterocycles. The highest BCUT2D eigenvalue weighted by Crippen LogP contribution is 2.34. The van der Waals surface area contributed by atoms with E-state index < -0.39 is 0 Å². The van der Waals surface area contributed by atoms with Crippen LogP contribution in [-0.4, -0.2) is 22.9 Å². The quantitative estimate of drug-likeness (QED) is 0.768. The second kappa shape index (κ2) is 4.13. The summed E-state index contributed by atoms with van der Waals surface area (Å²) in [7, 11) is 0. The average Bonchev–Trinajstić information content (AvgIpc) is 2.84. The van der Waals surface area contributed by atoms with Gasteiger partial charge in [-0.05, 0) is 43.4 Å². The van der Waals surface area contributed by atoms with Crippen LogP contribution in [0.3, 0.4) is 0 Å². The van der Waals surface area contributed by atoms with Crippen LogP contribution in [0.2, 0.25) is 0 Å². The zero-order valence-corrected chi connectivity index (χ0v) is 9.73. The van der Waals surface area contributed by atoms with Gasteiger partial charge in [0.1, 0.15) is 5.82 Å². The third-order valence-electron chi connectivity index (χ3n) is 3.96. The molecule has 90 valence electrons. The van der Waals surface area contributed by atoms with Gasteiger partial charge < -0.3 is 4.90 Å². The first-order valence-electron chi connectivity index (χ1n) is 6.29. The number of fused-ring (bicyclic) bond motifs is 1. The monoisotopic (exact) mass is 233 g/mol. The number of hydrogen-bond donors (Lipinski definition) is 0. The van der Waals surface area contributed by atoms with Crippen molar-refractivity contribution < 1.29 is 9.18 Å². The molecule has 2 fully saturated rings. The van der Waals surface area contributed by atoms with E-state index in [1.165, 1.54) is 6.07 Å². The molecule has 2 atom stereocenters. The number of hydrogen-bond acceptors (Lipinski definition) is 1. The van der Waals surface area contributed by atoms with E-state index in [1.54, 1.807) is 12.1 Å². The smallest absolute Gasteiger partial charge is 0.223 e. The number of halogens is 1. The zero-order valence-electron chi connectivity index (χ0n) is 9.73. The van der Waals surface area contributed by atoms with Crippen molar-refractivity contribution in [2.75, 3.05) is 0 Å². The summed E-state index contributed by atoms with van der Waals surface area (Å²) in [5, 5.41) is 0. The Morgan fingerprint density at radius 3 is 3.00 bits per heavy atom. The van der Waals surface area contributed by atoms with Gasteiger partial charge in [-0.15, -0.1) is 0 Å². The van der Waals surface area contributed by atoms with Gasteiger partial charge in [-0.3, -0.25) is 4.79 Å². The van der Waals surface area contributed by atoms with Crippen molar-refractivity contribution in [3.63, 3.8) is 0 Å². The Hall–Kier alpha value is -1.38. The summed E-state index contributed by atoms with van der Waals surface area (Å²) >= 11 is 0. The molecule has 0 aliphatic carbocycles. The first kappa shape index (κ1) is 10.8. The van der Waals surface area contributed by atoms with E-state index in [2.05, 4.69) is 0 Å². The van der Waals surface area contributed by atoms with E-state index in [-0.39, 0.29) is 17.8 Å². The van der Waals surface area contributed by atoms with Crippen LogP contribution in [0, 0.1) is 5.82 Å². The minimum atomic E-state index is -0.190. The molecule has 3 rings (SSSR count). The molecular formula is C14H16FNO. The lowest BCUT2D eigenvalue weighted by Crippen LogP contribution is -2.36. The van der Waals surface area contributed by atoms with Crippen molar-refractivity contribution in [3.8, 4) is 0 Å². The molecule has 17 heavy (non-hydrogen) atoms. The van der Waals surface area contributed by atoms with Crippen LogP contribution in [0.1, 0.15) is 31.2 Å². The number of rotatable bonds is 2. The Balaban J connectivity index is 1.75. The van der Waals surface area contributed by atoms with E-state index in [0.29, 0.717) is 12.5 Å². The fourth-order valence-corrected chi connectivity index (χ4v) is 3.21. The van der Waals surface area contributed by atoms with Gasteiger partial charge in [0.15, 0.2) is 0 Å². The number of nitrogens with zero attached hydrogens (tertiary/aromatic N) is 1. The van der Waals surface area contributed by atoms with Crippen LogP contribution in [0.15, 0.2) is 24.3 Å². The molecule has 0 saturated carbocycles. The molecule has 2 aliphatic heterocycles. The van der Waals surface area contributed by atoms with E-state index in [9.17, 15) is 9.18 Å². The molecule has 0 radical (unpaired) electrons. The fourth-order valence-electron chi connectivity index (χ4n) is 3.21. The summed E-state index contributed by atoms with van der Waals surface area (Å²) in [6.07, 6.45) is 4.68. The molecule has 0 unspecified atom stereocenters. The van der Waals surface area contributed by atoms with Gasteiger partial charge in [-0.2, -0.15) is 0 Å². The van der Waals surface area contributed by atoms with E-state index in [4.69, 9.17) is 0 Å². The third kappa shape index (κ3) is 1.94. The summed E-state index contributed by atoms with van der Waals surface area (Å²) in [6.45, 7) is 0. The van der Waals surface area contributed by atoms with Crippen LogP contribution in [0.5, 0.6) is 0 Å². The minimum absolute atomic E-state index is 0.190. The van der Waals surface area contributed by atoms with Gasteiger partial charge >= 0.3 is 0 Å². The Labute approximate surface area is 100 Å². The SMILES string of the molecule is O=C1CC[C@H]2CC[C@H](Cc3cccc(F)c3)N12. The molecule has 0 N–H and O–H groups in total. The van der Waals surface area contributed by atoms with Crippen LogP contribution < -0.4 is 0 Å². The maximum atomic E-state index is 13.1. The first-order chi connectivity index (χ1) is 8.24. The Morgan fingerprint density at radius 1 is 1.29 bits per heavy atom. The molecule has 1 amide bonds. The summed E-state index contributed by atoms with van der Waals surface area (Å²) in [5.41, 5.74) is 0.996. The van der Waals surface area contributed by atoms with Crippen molar-refractivity contribution in [2.24, 2.45) is 0 Å². The van der Waals surface area contributed by atoms with Crippen LogP contribution in [0.25, 0.3) is 0 Å². The van der Waals surface area contributed by atoms with Gasteiger partial charge in [0.2, 0.25) is 5.91 Å². The number of amides is 1. The molecule has 2 heterocycles. The predicted octanol–water partition coefficient (Wildman–Crippen LogP) is 2.52.